The average Bonchev–Trinajstić information content (AvgIpc) is 3.62. The molecule has 4 aliphatic rings. The monoisotopic (exact) mass is 473 g/mol. The minimum atomic E-state index is -1.16. The summed E-state index contributed by atoms with van der Waals surface area (Å²) < 4.78 is 13.9. The van der Waals surface area contributed by atoms with Crippen molar-refractivity contribution in [2.45, 2.75) is 63.4 Å². The molecule has 3 aromatic rings. The third-order valence-electron chi connectivity index (χ3n) is 8.88. The zero-order chi connectivity index (χ0) is 23.7. The first-order valence-corrected chi connectivity index (χ1v) is 13.4. The second kappa shape index (κ2) is 9.53. The van der Waals surface area contributed by atoms with Gasteiger partial charge in [0, 0.05) is 24.7 Å². The Morgan fingerprint density at radius 2 is 1.63 bits per heavy atom. The topological polar surface area (TPSA) is 55.5 Å². The van der Waals surface area contributed by atoms with Crippen molar-refractivity contribution in [3.05, 3.63) is 89.6 Å². The predicted octanol–water partition coefficient (Wildman–Crippen LogP) is 5.43. The fraction of sp³-hybridized carbons (Fsp3) is 0.500. The molecule has 3 aliphatic heterocycles. The average molecular weight is 474 g/mol. The first kappa shape index (κ1) is 23.0. The quantitative estimate of drug-likeness (QED) is 0.444. The van der Waals surface area contributed by atoms with Gasteiger partial charge in [0.05, 0.1) is 25.9 Å². The van der Waals surface area contributed by atoms with E-state index in [0.717, 1.165) is 67.7 Å². The van der Waals surface area contributed by atoms with E-state index in [1.165, 1.54) is 18.4 Å². The van der Waals surface area contributed by atoms with Crippen molar-refractivity contribution in [1.29, 1.82) is 0 Å². The summed E-state index contributed by atoms with van der Waals surface area (Å²) in [6.07, 6.45) is 8.88. The summed E-state index contributed by atoms with van der Waals surface area (Å²) in [5, 5.41) is 12.0. The summed E-state index contributed by atoms with van der Waals surface area (Å²) in [6.45, 7) is 4.86. The van der Waals surface area contributed by atoms with E-state index >= 15 is 0 Å². The number of hydrogen-bond acceptors (Lipinski definition) is 4. The zero-order valence-corrected chi connectivity index (χ0v) is 20.5. The van der Waals surface area contributed by atoms with Crippen molar-refractivity contribution in [3.63, 3.8) is 0 Å². The van der Waals surface area contributed by atoms with Gasteiger partial charge in [-0.15, -0.1) is 0 Å². The first-order valence-electron chi connectivity index (χ1n) is 13.4. The van der Waals surface area contributed by atoms with Crippen LogP contribution in [0.5, 0.6) is 0 Å². The molecule has 1 aromatic heterocycles. The molecule has 7 rings (SSSR count). The number of oxazole rings is 1. The van der Waals surface area contributed by atoms with Gasteiger partial charge in [0.2, 0.25) is 5.89 Å². The first-order chi connectivity index (χ1) is 17.1. The van der Waals surface area contributed by atoms with E-state index in [9.17, 15) is 5.11 Å². The van der Waals surface area contributed by atoms with Crippen LogP contribution in [0.3, 0.4) is 0 Å². The van der Waals surface area contributed by atoms with Crippen molar-refractivity contribution in [3.8, 4) is 0 Å². The lowest BCUT2D eigenvalue weighted by Crippen LogP contribution is -2.63. The molecule has 2 aromatic carbocycles. The largest absolute Gasteiger partial charge is 0.436 e. The van der Waals surface area contributed by atoms with Crippen molar-refractivity contribution in [1.82, 2.24) is 4.98 Å². The van der Waals surface area contributed by atoms with E-state index in [4.69, 9.17) is 14.1 Å². The number of benzene rings is 2. The number of aromatic nitrogens is 1. The van der Waals surface area contributed by atoms with Gasteiger partial charge < -0.3 is 18.7 Å². The van der Waals surface area contributed by atoms with Crippen LogP contribution in [0, 0.1) is 11.8 Å². The number of fused-ring (bicyclic) bond motifs is 3. The molecule has 0 amide bonds. The lowest BCUT2D eigenvalue weighted by molar-refractivity contribution is -0.959. The Morgan fingerprint density at radius 3 is 2.34 bits per heavy atom. The molecule has 0 radical (unpaired) electrons. The molecule has 0 spiro atoms. The van der Waals surface area contributed by atoms with Gasteiger partial charge in [-0.1, -0.05) is 73.5 Å². The van der Waals surface area contributed by atoms with Crippen molar-refractivity contribution in [2.75, 3.05) is 19.6 Å². The van der Waals surface area contributed by atoms with E-state index in [1.54, 1.807) is 0 Å². The van der Waals surface area contributed by atoms with Gasteiger partial charge in [-0.05, 0) is 24.0 Å². The van der Waals surface area contributed by atoms with Gasteiger partial charge in [-0.3, -0.25) is 0 Å². The number of aliphatic hydroxyl groups is 1. The molecule has 1 N–H and O–H groups in total. The normalized spacial score (nSPS) is 28.3. The summed E-state index contributed by atoms with van der Waals surface area (Å²) in [6, 6.07) is 20.5. The number of quaternary nitrogens is 1. The standard InChI is InChI=1S/C30H37N2O3/c33-30(26-13-7-8-14-26,25-11-5-2-6-12-25)29-31-19-27(35-29)20-32-17-15-24(16-18-32)28(21-32)34-22-23-9-3-1-4-10-23/h1-6,9-12,19,24,26,28,33H,7-8,13-18,20-22H2/q+1/t24?,28?,30-,32?/m0/s1. The van der Waals surface area contributed by atoms with Crippen LogP contribution in [0.4, 0.5) is 0 Å². The van der Waals surface area contributed by atoms with Gasteiger partial charge in [0.25, 0.3) is 0 Å². The van der Waals surface area contributed by atoms with E-state index < -0.39 is 5.60 Å². The number of rotatable bonds is 8. The Hall–Kier alpha value is -2.47. The second-order valence-electron chi connectivity index (χ2n) is 11.0. The third-order valence-corrected chi connectivity index (χ3v) is 8.88. The maximum atomic E-state index is 12.0. The Labute approximate surface area is 208 Å². The number of nitrogens with zero attached hydrogens (tertiary/aromatic N) is 2. The smallest absolute Gasteiger partial charge is 0.231 e. The SMILES string of the molecule is O[C@](c1ccccc1)(c1ncc(C[N+]23CCC(CC2)C(OCc2ccccc2)C3)o1)C1CCCC1. The minimum absolute atomic E-state index is 0.143. The highest BCUT2D eigenvalue weighted by Crippen LogP contribution is 2.45. The molecule has 1 saturated carbocycles. The highest BCUT2D eigenvalue weighted by Gasteiger charge is 2.48. The summed E-state index contributed by atoms with van der Waals surface area (Å²) >= 11 is 0. The number of hydrogen-bond donors (Lipinski definition) is 1. The van der Waals surface area contributed by atoms with Crippen molar-refractivity contribution < 1.29 is 18.7 Å². The maximum Gasteiger partial charge on any atom is 0.231 e. The van der Waals surface area contributed by atoms with Crippen LogP contribution in [0.2, 0.25) is 0 Å². The molecule has 2 bridgehead atoms. The molecule has 5 nitrogen and oxygen atoms in total. The lowest BCUT2D eigenvalue weighted by atomic mass is 9.80. The second-order valence-corrected chi connectivity index (χ2v) is 11.0. The molecule has 184 valence electrons. The third kappa shape index (κ3) is 4.46. The highest BCUT2D eigenvalue weighted by atomic mass is 16.5. The number of piperidine rings is 3. The Morgan fingerprint density at radius 1 is 0.943 bits per heavy atom. The van der Waals surface area contributed by atoms with Gasteiger partial charge in [-0.25, -0.2) is 4.98 Å². The molecule has 5 heteroatoms. The van der Waals surface area contributed by atoms with Crippen LogP contribution in [-0.2, 0) is 23.5 Å². The Bertz CT molecular complexity index is 1100. The van der Waals surface area contributed by atoms with Crippen LogP contribution < -0.4 is 0 Å². The Balaban J connectivity index is 1.20. The molecular weight excluding hydrogens is 436 g/mol. The van der Waals surface area contributed by atoms with Crippen LogP contribution in [0.25, 0.3) is 0 Å². The minimum Gasteiger partial charge on any atom is -0.436 e. The molecule has 1 unspecified atom stereocenters. The highest BCUT2D eigenvalue weighted by molar-refractivity contribution is 5.30. The maximum absolute atomic E-state index is 12.0. The van der Waals surface area contributed by atoms with Gasteiger partial charge in [0.15, 0.2) is 11.4 Å². The van der Waals surface area contributed by atoms with Crippen LogP contribution in [0.1, 0.15) is 61.3 Å². The van der Waals surface area contributed by atoms with E-state index in [0.29, 0.717) is 24.5 Å². The molecule has 4 fully saturated rings. The van der Waals surface area contributed by atoms with Crippen molar-refractivity contribution in [2.24, 2.45) is 11.8 Å². The molecular formula is C30H37N2O3+. The van der Waals surface area contributed by atoms with Crippen molar-refractivity contribution >= 4 is 0 Å². The van der Waals surface area contributed by atoms with Gasteiger partial charge in [0.1, 0.15) is 19.2 Å². The van der Waals surface area contributed by atoms with Gasteiger partial charge >= 0.3 is 0 Å². The summed E-state index contributed by atoms with van der Waals surface area (Å²) in [4.78, 5) is 4.69. The van der Waals surface area contributed by atoms with E-state index in [2.05, 4.69) is 30.3 Å². The Kier molecular flexibility index (Phi) is 6.25. The molecule has 2 atom stereocenters. The van der Waals surface area contributed by atoms with Crippen LogP contribution in [0.15, 0.2) is 71.3 Å². The van der Waals surface area contributed by atoms with Crippen LogP contribution >= 0.6 is 0 Å². The summed E-state index contributed by atoms with van der Waals surface area (Å²) in [7, 11) is 0. The molecule has 3 saturated heterocycles. The summed E-state index contributed by atoms with van der Waals surface area (Å²) in [5.41, 5.74) is 0.967. The summed E-state index contributed by atoms with van der Waals surface area (Å²) in [5.74, 6) is 2.15. The molecule has 1 aliphatic carbocycles. The predicted molar refractivity (Wildman–Crippen MR) is 134 cm³/mol. The zero-order valence-electron chi connectivity index (χ0n) is 20.5. The fourth-order valence-corrected chi connectivity index (χ4v) is 6.87. The van der Waals surface area contributed by atoms with Gasteiger partial charge in [-0.2, -0.15) is 0 Å². The molecule has 35 heavy (non-hydrogen) atoms. The number of ether oxygens (including phenoxy) is 1. The fourth-order valence-electron chi connectivity index (χ4n) is 6.87. The lowest BCUT2D eigenvalue weighted by Gasteiger charge is -2.52. The van der Waals surface area contributed by atoms with E-state index in [1.807, 2.05) is 36.5 Å². The molecule has 4 heterocycles. The van der Waals surface area contributed by atoms with Crippen LogP contribution in [-0.4, -0.2) is 40.3 Å². The van der Waals surface area contributed by atoms with E-state index in [-0.39, 0.29) is 5.92 Å².